The van der Waals surface area contributed by atoms with E-state index in [4.69, 9.17) is 5.73 Å². The van der Waals surface area contributed by atoms with Gasteiger partial charge in [-0.15, -0.1) is 0 Å². The summed E-state index contributed by atoms with van der Waals surface area (Å²) in [6, 6.07) is 6.65. The fourth-order valence-corrected chi connectivity index (χ4v) is 2.79. The molecule has 1 atom stereocenters. The van der Waals surface area contributed by atoms with Crippen LogP contribution in [-0.4, -0.2) is 9.97 Å². The van der Waals surface area contributed by atoms with Crippen LogP contribution < -0.4 is 5.73 Å². The summed E-state index contributed by atoms with van der Waals surface area (Å²) in [5, 5.41) is 0. The molecule has 0 spiro atoms. The van der Waals surface area contributed by atoms with E-state index in [0.29, 0.717) is 0 Å². The van der Waals surface area contributed by atoms with Crippen LogP contribution in [0.5, 0.6) is 0 Å². The van der Waals surface area contributed by atoms with Gasteiger partial charge in [0.2, 0.25) is 0 Å². The SMILES string of the molecule is CC(N)(c1cncnc1)c1ccc2c(c1)CCCC2. The van der Waals surface area contributed by atoms with Gasteiger partial charge in [0.05, 0.1) is 5.54 Å². The van der Waals surface area contributed by atoms with Crippen LogP contribution in [0.25, 0.3) is 0 Å². The van der Waals surface area contributed by atoms with Gasteiger partial charge in [-0.25, -0.2) is 9.97 Å². The fourth-order valence-electron chi connectivity index (χ4n) is 2.79. The average molecular weight is 253 g/mol. The molecule has 98 valence electrons. The van der Waals surface area contributed by atoms with E-state index in [1.807, 2.05) is 6.92 Å². The number of aryl methyl sites for hydroxylation is 2. The Labute approximate surface area is 113 Å². The third-order valence-corrected chi connectivity index (χ3v) is 4.11. The Morgan fingerprint density at radius 1 is 1.00 bits per heavy atom. The molecule has 0 saturated heterocycles. The molecule has 1 aromatic heterocycles. The maximum atomic E-state index is 6.51. The van der Waals surface area contributed by atoms with Gasteiger partial charge in [0, 0.05) is 18.0 Å². The number of hydrogen-bond donors (Lipinski definition) is 1. The molecule has 3 nitrogen and oxygen atoms in total. The number of nitrogens with two attached hydrogens (primary N) is 1. The molecule has 0 radical (unpaired) electrons. The molecule has 0 aliphatic heterocycles. The van der Waals surface area contributed by atoms with Crippen LogP contribution in [-0.2, 0) is 18.4 Å². The van der Waals surface area contributed by atoms with Crippen LogP contribution in [0.15, 0.2) is 36.9 Å². The lowest BCUT2D eigenvalue weighted by atomic mass is 9.83. The van der Waals surface area contributed by atoms with Crippen molar-refractivity contribution in [2.45, 2.75) is 38.1 Å². The molecule has 2 aromatic rings. The van der Waals surface area contributed by atoms with Crippen molar-refractivity contribution < 1.29 is 0 Å². The Morgan fingerprint density at radius 2 is 1.68 bits per heavy atom. The van der Waals surface area contributed by atoms with E-state index < -0.39 is 5.54 Å². The summed E-state index contributed by atoms with van der Waals surface area (Å²) >= 11 is 0. The second kappa shape index (κ2) is 4.74. The van der Waals surface area contributed by atoms with Crippen LogP contribution in [0.4, 0.5) is 0 Å². The first-order valence-electron chi connectivity index (χ1n) is 6.84. The molecular weight excluding hydrogens is 234 g/mol. The third kappa shape index (κ3) is 2.26. The maximum Gasteiger partial charge on any atom is 0.115 e. The molecule has 1 unspecified atom stereocenters. The van der Waals surface area contributed by atoms with Gasteiger partial charge in [0.25, 0.3) is 0 Å². The number of fused-ring (bicyclic) bond motifs is 1. The highest BCUT2D eigenvalue weighted by molar-refractivity contribution is 5.41. The van der Waals surface area contributed by atoms with Crippen molar-refractivity contribution in [1.29, 1.82) is 0 Å². The lowest BCUT2D eigenvalue weighted by Gasteiger charge is -2.27. The van der Waals surface area contributed by atoms with Gasteiger partial charge in [0.15, 0.2) is 0 Å². The quantitative estimate of drug-likeness (QED) is 0.895. The van der Waals surface area contributed by atoms with E-state index in [1.54, 1.807) is 12.4 Å². The lowest BCUT2D eigenvalue weighted by Crippen LogP contribution is -2.34. The Kier molecular flexibility index (Phi) is 3.07. The minimum absolute atomic E-state index is 0.534. The molecule has 0 bridgehead atoms. The summed E-state index contributed by atoms with van der Waals surface area (Å²) in [6.07, 6.45) is 10.1. The predicted molar refractivity (Wildman–Crippen MR) is 75.8 cm³/mol. The van der Waals surface area contributed by atoms with Crippen LogP contribution >= 0.6 is 0 Å². The molecule has 2 N–H and O–H groups in total. The zero-order chi connectivity index (χ0) is 13.3. The average Bonchev–Trinajstić information content (AvgIpc) is 2.47. The van der Waals surface area contributed by atoms with Crippen molar-refractivity contribution >= 4 is 0 Å². The summed E-state index contributed by atoms with van der Waals surface area (Å²) < 4.78 is 0. The topological polar surface area (TPSA) is 51.8 Å². The Bertz CT molecular complexity index is 576. The smallest absolute Gasteiger partial charge is 0.115 e. The van der Waals surface area contributed by atoms with Crippen LogP contribution in [0, 0.1) is 0 Å². The Hall–Kier alpha value is -1.74. The van der Waals surface area contributed by atoms with E-state index in [0.717, 1.165) is 11.1 Å². The van der Waals surface area contributed by atoms with Crippen molar-refractivity contribution in [1.82, 2.24) is 9.97 Å². The third-order valence-electron chi connectivity index (χ3n) is 4.11. The molecule has 1 aliphatic carbocycles. The molecule has 0 amide bonds. The predicted octanol–water partition coefficient (Wildman–Crippen LogP) is 2.58. The number of hydrogen-bond acceptors (Lipinski definition) is 3. The Balaban J connectivity index is 2.02. The van der Waals surface area contributed by atoms with Crippen molar-refractivity contribution in [2.24, 2.45) is 5.73 Å². The van der Waals surface area contributed by atoms with Crippen molar-refractivity contribution in [3.05, 3.63) is 59.2 Å². The van der Waals surface area contributed by atoms with Gasteiger partial charge in [-0.2, -0.15) is 0 Å². The summed E-state index contributed by atoms with van der Waals surface area (Å²) in [5.74, 6) is 0. The standard InChI is InChI=1S/C16H19N3/c1-16(17,15-9-18-11-19-10-15)14-7-6-12-4-2-3-5-13(12)8-14/h6-11H,2-5,17H2,1H3. The molecule has 0 saturated carbocycles. The summed E-state index contributed by atoms with van der Waals surface area (Å²) in [5.41, 5.74) is 11.0. The van der Waals surface area contributed by atoms with E-state index in [2.05, 4.69) is 28.2 Å². The first-order valence-corrected chi connectivity index (χ1v) is 6.84. The molecule has 3 heteroatoms. The van der Waals surface area contributed by atoms with Crippen LogP contribution in [0.2, 0.25) is 0 Å². The monoisotopic (exact) mass is 253 g/mol. The minimum atomic E-state index is -0.534. The summed E-state index contributed by atoms with van der Waals surface area (Å²) in [4.78, 5) is 8.15. The highest BCUT2D eigenvalue weighted by Crippen LogP contribution is 2.29. The van der Waals surface area contributed by atoms with Gasteiger partial charge in [0.1, 0.15) is 6.33 Å². The van der Waals surface area contributed by atoms with Gasteiger partial charge in [-0.1, -0.05) is 18.2 Å². The normalized spacial score (nSPS) is 17.6. The largest absolute Gasteiger partial charge is 0.318 e. The second-order valence-corrected chi connectivity index (χ2v) is 5.52. The highest BCUT2D eigenvalue weighted by atomic mass is 14.8. The molecule has 1 aliphatic rings. The molecular formula is C16H19N3. The Morgan fingerprint density at radius 3 is 2.42 bits per heavy atom. The minimum Gasteiger partial charge on any atom is -0.318 e. The molecule has 3 rings (SSSR count). The molecule has 1 aromatic carbocycles. The zero-order valence-corrected chi connectivity index (χ0v) is 11.3. The molecule has 0 fully saturated rings. The lowest BCUT2D eigenvalue weighted by molar-refractivity contribution is 0.592. The van der Waals surface area contributed by atoms with Gasteiger partial charge < -0.3 is 5.73 Å². The van der Waals surface area contributed by atoms with E-state index >= 15 is 0 Å². The second-order valence-electron chi connectivity index (χ2n) is 5.52. The fraction of sp³-hybridized carbons (Fsp3) is 0.375. The van der Waals surface area contributed by atoms with Gasteiger partial charge in [-0.05, 0) is 49.3 Å². The van der Waals surface area contributed by atoms with E-state index in [1.165, 1.54) is 43.1 Å². The summed E-state index contributed by atoms with van der Waals surface area (Å²) in [7, 11) is 0. The molecule has 1 heterocycles. The van der Waals surface area contributed by atoms with Crippen molar-refractivity contribution in [3.63, 3.8) is 0 Å². The highest BCUT2D eigenvalue weighted by Gasteiger charge is 2.25. The number of rotatable bonds is 2. The first-order chi connectivity index (χ1) is 9.18. The molecule has 19 heavy (non-hydrogen) atoms. The van der Waals surface area contributed by atoms with Crippen molar-refractivity contribution in [2.75, 3.05) is 0 Å². The first kappa shape index (κ1) is 12.3. The number of aromatic nitrogens is 2. The van der Waals surface area contributed by atoms with Crippen LogP contribution in [0.1, 0.15) is 42.0 Å². The van der Waals surface area contributed by atoms with E-state index in [9.17, 15) is 0 Å². The van der Waals surface area contributed by atoms with Gasteiger partial charge in [-0.3, -0.25) is 0 Å². The maximum absolute atomic E-state index is 6.51. The van der Waals surface area contributed by atoms with Crippen LogP contribution in [0.3, 0.4) is 0 Å². The zero-order valence-electron chi connectivity index (χ0n) is 11.3. The number of nitrogens with zero attached hydrogens (tertiary/aromatic N) is 2. The van der Waals surface area contributed by atoms with Crippen molar-refractivity contribution in [3.8, 4) is 0 Å². The van der Waals surface area contributed by atoms with Gasteiger partial charge >= 0.3 is 0 Å². The summed E-state index contributed by atoms with van der Waals surface area (Å²) in [6.45, 7) is 2.02. The van der Waals surface area contributed by atoms with E-state index in [-0.39, 0.29) is 0 Å². The number of benzene rings is 1.